The third-order valence-electron chi connectivity index (χ3n) is 1.98. The third kappa shape index (κ3) is 3.05. The molecule has 88 valence electrons. The van der Waals surface area contributed by atoms with Gasteiger partial charge in [-0.15, -0.1) is 0 Å². The highest BCUT2D eigenvalue weighted by Crippen LogP contribution is 2.29. The number of anilines is 1. The molecule has 0 radical (unpaired) electrons. The van der Waals surface area contributed by atoms with Gasteiger partial charge in [-0.2, -0.15) is 0 Å². The van der Waals surface area contributed by atoms with Gasteiger partial charge in [-0.3, -0.25) is 4.99 Å². The van der Waals surface area contributed by atoms with E-state index in [1.807, 2.05) is 25.1 Å². The van der Waals surface area contributed by atoms with Gasteiger partial charge in [0.2, 0.25) is 0 Å². The maximum absolute atomic E-state index is 5.57. The second-order valence-corrected chi connectivity index (χ2v) is 3.03. The second-order valence-electron chi connectivity index (χ2n) is 3.03. The molecule has 0 bridgehead atoms. The Bertz CT molecular complexity index is 377. The first-order valence-corrected chi connectivity index (χ1v) is 5.01. The molecule has 0 aliphatic rings. The van der Waals surface area contributed by atoms with E-state index in [9.17, 15) is 0 Å². The molecular weight excluding hydrogens is 206 g/mol. The largest absolute Gasteiger partial charge is 0.493 e. The number of ether oxygens (including phenoxy) is 2. The summed E-state index contributed by atoms with van der Waals surface area (Å²) in [5.74, 6) is 1.73. The number of methoxy groups -OCH3 is 1. The molecule has 0 saturated heterocycles. The molecule has 0 heterocycles. The van der Waals surface area contributed by atoms with Crippen LogP contribution in [0.3, 0.4) is 0 Å². The molecule has 0 amide bonds. The van der Waals surface area contributed by atoms with Gasteiger partial charge in [0, 0.05) is 18.8 Å². The summed E-state index contributed by atoms with van der Waals surface area (Å²) >= 11 is 0. The summed E-state index contributed by atoms with van der Waals surface area (Å²) in [5, 5.41) is 2.93. The summed E-state index contributed by atoms with van der Waals surface area (Å²) in [6.07, 6.45) is 0. The van der Waals surface area contributed by atoms with E-state index in [0.717, 1.165) is 5.69 Å². The highest BCUT2D eigenvalue weighted by molar-refractivity contribution is 5.92. The van der Waals surface area contributed by atoms with E-state index >= 15 is 0 Å². The van der Waals surface area contributed by atoms with Crippen LogP contribution in [0.2, 0.25) is 0 Å². The van der Waals surface area contributed by atoms with E-state index in [4.69, 9.17) is 15.2 Å². The maximum atomic E-state index is 5.57. The fourth-order valence-electron chi connectivity index (χ4n) is 1.23. The van der Waals surface area contributed by atoms with Gasteiger partial charge in [0.1, 0.15) is 0 Å². The lowest BCUT2D eigenvalue weighted by Crippen LogP contribution is -2.21. The van der Waals surface area contributed by atoms with E-state index in [2.05, 4.69) is 10.3 Å². The quantitative estimate of drug-likeness (QED) is 0.598. The van der Waals surface area contributed by atoms with Crippen molar-refractivity contribution in [3.8, 4) is 11.5 Å². The van der Waals surface area contributed by atoms with Crippen LogP contribution in [0.25, 0.3) is 0 Å². The van der Waals surface area contributed by atoms with Gasteiger partial charge in [-0.05, 0) is 19.1 Å². The molecule has 16 heavy (non-hydrogen) atoms. The lowest BCUT2D eigenvalue weighted by molar-refractivity contribution is 0.311. The van der Waals surface area contributed by atoms with Gasteiger partial charge >= 0.3 is 0 Å². The zero-order valence-corrected chi connectivity index (χ0v) is 9.78. The molecule has 0 atom stereocenters. The Hall–Kier alpha value is -1.91. The monoisotopic (exact) mass is 223 g/mol. The number of aliphatic imine (C=N–C) groups is 1. The van der Waals surface area contributed by atoms with E-state index in [-0.39, 0.29) is 0 Å². The first-order chi connectivity index (χ1) is 7.71. The molecule has 0 spiro atoms. The van der Waals surface area contributed by atoms with Crippen LogP contribution in [0, 0.1) is 0 Å². The van der Waals surface area contributed by atoms with Gasteiger partial charge in [0.25, 0.3) is 0 Å². The molecule has 3 N–H and O–H groups in total. The average Bonchev–Trinajstić information content (AvgIpc) is 2.30. The molecule has 0 fully saturated rings. The Balaban J connectivity index is 2.92. The Morgan fingerprint density at radius 3 is 2.75 bits per heavy atom. The minimum atomic E-state index is 0.354. The molecule has 5 heteroatoms. The highest BCUT2D eigenvalue weighted by atomic mass is 16.5. The number of nitrogens with two attached hydrogens (primary N) is 1. The van der Waals surface area contributed by atoms with Crippen molar-refractivity contribution in [1.82, 2.24) is 0 Å². The van der Waals surface area contributed by atoms with E-state index in [1.165, 1.54) is 0 Å². The van der Waals surface area contributed by atoms with Crippen LogP contribution in [0.5, 0.6) is 11.5 Å². The lowest BCUT2D eigenvalue weighted by atomic mass is 10.2. The number of benzene rings is 1. The average molecular weight is 223 g/mol. The number of hydrogen-bond donors (Lipinski definition) is 2. The van der Waals surface area contributed by atoms with Crippen molar-refractivity contribution in [2.24, 2.45) is 10.7 Å². The van der Waals surface area contributed by atoms with Crippen LogP contribution in [0.4, 0.5) is 5.69 Å². The van der Waals surface area contributed by atoms with Crippen LogP contribution in [-0.4, -0.2) is 26.7 Å². The van der Waals surface area contributed by atoms with Gasteiger partial charge < -0.3 is 20.5 Å². The van der Waals surface area contributed by atoms with Crippen LogP contribution in [-0.2, 0) is 0 Å². The summed E-state index contributed by atoms with van der Waals surface area (Å²) < 4.78 is 10.6. The van der Waals surface area contributed by atoms with Crippen molar-refractivity contribution < 1.29 is 9.47 Å². The maximum Gasteiger partial charge on any atom is 0.192 e. The van der Waals surface area contributed by atoms with Crippen LogP contribution in [0.1, 0.15) is 6.92 Å². The summed E-state index contributed by atoms with van der Waals surface area (Å²) in [6.45, 7) is 2.50. The van der Waals surface area contributed by atoms with E-state index < -0.39 is 0 Å². The summed E-state index contributed by atoms with van der Waals surface area (Å²) in [7, 11) is 3.22. The Morgan fingerprint density at radius 1 is 1.44 bits per heavy atom. The van der Waals surface area contributed by atoms with Crippen LogP contribution < -0.4 is 20.5 Å². The Morgan fingerprint density at radius 2 is 2.19 bits per heavy atom. The molecule has 0 unspecified atom stereocenters. The minimum absolute atomic E-state index is 0.354. The van der Waals surface area contributed by atoms with Crippen molar-refractivity contribution in [3.05, 3.63) is 18.2 Å². The van der Waals surface area contributed by atoms with E-state index in [0.29, 0.717) is 24.1 Å². The van der Waals surface area contributed by atoms with Crippen molar-refractivity contribution in [2.45, 2.75) is 6.92 Å². The standard InChI is InChI=1S/C11H17N3O2/c1-4-16-10-7-8(14-11(12)13-2)5-6-9(10)15-3/h5-7H,4H2,1-3H3,(H3,12,13,14). The SMILES string of the molecule is CCOc1cc(NC(N)=NC)ccc1OC. The van der Waals surface area contributed by atoms with Crippen LogP contribution in [0.15, 0.2) is 23.2 Å². The number of nitrogens with zero attached hydrogens (tertiary/aromatic N) is 1. The zero-order valence-electron chi connectivity index (χ0n) is 9.78. The van der Waals surface area contributed by atoms with Gasteiger partial charge in [-0.25, -0.2) is 0 Å². The molecule has 0 aromatic heterocycles. The van der Waals surface area contributed by atoms with Gasteiger partial charge in [0.15, 0.2) is 17.5 Å². The number of rotatable bonds is 4. The number of hydrogen-bond acceptors (Lipinski definition) is 3. The van der Waals surface area contributed by atoms with Crippen molar-refractivity contribution >= 4 is 11.6 Å². The molecule has 1 aromatic carbocycles. The van der Waals surface area contributed by atoms with E-state index in [1.54, 1.807) is 14.2 Å². The minimum Gasteiger partial charge on any atom is -0.493 e. The molecule has 0 saturated carbocycles. The lowest BCUT2D eigenvalue weighted by Gasteiger charge is -2.11. The van der Waals surface area contributed by atoms with Crippen molar-refractivity contribution in [3.63, 3.8) is 0 Å². The highest BCUT2D eigenvalue weighted by Gasteiger charge is 2.05. The molecule has 1 aromatic rings. The van der Waals surface area contributed by atoms with Gasteiger partial charge in [-0.1, -0.05) is 0 Å². The molecule has 1 rings (SSSR count). The molecular formula is C11H17N3O2. The molecule has 0 aliphatic carbocycles. The van der Waals surface area contributed by atoms with Gasteiger partial charge in [0.05, 0.1) is 13.7 Å². The predicted molar refractivity (Wildman–Crippen MR) is 65.3 cm³/mol. The summed E-state index contributed by atoms with van der Waals surface area (Å²) in [6, 6.07) is 5.48. The topological polar surface area (TPSA) is 68.9 Å². The Kier molecular flexibility index (Phi) is 4.44. The summed E-state index contributed by atoms with van der Waals surface area (Å²) in [5.41, 5.74) is 6.38. The number of nitrogens with one attached hydrogen (secondary N) is 1. The second kappa shape index (κ2) is 5.85. The number of guanidine groups is 1. The zero-order chi connectivity index (χ0) is 12.0. The molecule has 0 aliphatic heterocycles. The third-order valence-corrected chi connectivity index (χ3v) is 1.98. The first-order valence-electron chi connectivity index (χ1n) is 5.01. The first kappa shape index (κ1) is 12.2. The van der Waals surface area contributed by atoms with Crippen molar-refractivity contribution in [1.29, 1.82) is 0 Å². The normalized spacial score (nSPS) is 11.1. The van der Waals surface area contributed by atoms with Crippen molar-refractivity contribution in [2.75, 3.05) is 26.1 Å². The Labute approximate surface area is 95.3 Å². The smallest absolute Gasteiger partial charge is 0.192 e. The van der Waals surface area contributed by atoms with Crippen LogP contribution >= 0.6 is 0 Å². The fourth-order valence-corrected chi connectivity index (χ4v) is 1.23. The predicted octanol–water partition coefficient (Wildman–Crippen LogP) is 1.45. The summed E-state index contributed by atoms with van der Waals surface area (Å²) in [4.78, 5) is 3.81. The molecule has 5 nitrogen and oxygen atoms in total. The fraction of sp³-hybridized carbons (Fsp3) is 0.364.